The van der Waals surface area contributed by atoms with E-state index in [0.29, 0.717) is 18.8 Å². The highest BCUT2D eigenvalue weighted by Gasteiger charge is 2.26. The average molecular weight is 445 g/mol. The van der Waals surface area contributed by atoms with Crippen LogP contribution in [0.15, 0.2) is 53.4 Å². The van der Waals surface area contributed by atoms with Crippen LogP contribution in [-0.4, -0.2) is 50.1 Å². The zero-order chi connectivity index (χ0) is 22.4. The smallest absolute Gasteiger partial charge is 0.338 e. The zero-order valence-corrected chi connectivity index (χ0v) is 18.0. The minimum Gasteiger partial charge on any atom is -0.454 e. The van der Waals surface area contributed by atoms with Gasteiger partial charge in [0.2, 0.25) is 15.9 Å². The molecule has 0 saturated carbocycles. The van der Waals surface area contributed by atoms with E-state index in [1.165, 1.54) is 47.6 Å². The monoisotopic (exact) mass is 444 g/mol. The third-order valence-electron chi connectivity index (χ3n) is 4.90. The van der Waals surface area contributed by atoms with Crippen LogP contribution < -0.4 is 5.32 Å². The molecule has 9 heteroatoms. The van der Waals surface area contributed by atoms with Crippen molar-refractivity contribution in [1.82, 2.24) is 4.31 Å². The molecule has 0 bridgehead atoms. The highest BCUT2D eigenvalue weighted by molar-refractivity contribution is 7.89. The number of ketones is 1. The number of anilines is 1. The molecular formula is C22H24N2O6S. The lowest BCUT2D eigenvalue weighted by molar-refractivity contribution is -0.114. The van der Waals surface area contributed by atoms with Gasteiger partial charge >= 0.3 is 5.97 Å². The van der Waals surface area contributed by atoms with Gasteiger partial charge in [-0.2, -0.15) is 4.31 Å². The SMILES string of the molecule is CC(=O)Nc1ccc(C(=O)OCC(=O)c2ccc(S(=O)(=O)N3CCCCC3)cc2)cc1. The van der Waals surface area contributed by atoms with Gasteiger partial charge in [-0.15, -0.1) is 0 Å². The summed E-state index contributed by atoms with van der Waals surface area (Å²) < 4.78 is 31.9. The fourth-order valence-corrected chi connectivity index (χ4v) is 4.77. The van der Waals surface area contributed by atoms with E-state index in [0.717, 1.165) is 19.3 Å². The fraction of sp³-hybridized carbons (Fsp3) is 0.318. The predicted octanol–water partition coefficient (Wildman–Crippen LogP) is 2.86. The Balaban J connectivity index is 1.58. The number of carbonyl (C=O) groups is 3. The number of sulfonamides is 1. The summed E-state index contributed by atoms with van der Waals surface area (Å²) in [6.07, 6.45) is 2.71. The standard InChI is InChI=1S/C22H24N2O6S/c1-16(25)23-19-9-5-18(6-10-19)22(27)30-15-21(26)17-7-11-20(12-8-17)31(28,29)24-13-3-2-4-14-24/h5-12H,2-4,13-15H2,1H3,(H,23,25). The summed E-state index contributed by atoms with van der Waals surface area (Å²) in [5.74, 6) is -1.34. The second kappa shape index (κ2) is 9.84. The first-order valence-electron chi connectivity index (χ1n) is 9.95. The van der Waals surface area contributed by atoms with E-state index in [2.05, 4.69) is 5.32 Å². The molecule has 164 valence electrons. The number of rotatable bonds is 7. The molecule has 1 heterocycles. The lowest BCUT2D eigenvalue weighted by Crippen LogP contribution is -2.35. The number of amides is 1. The number of nitrogens with one attached hydrogen (secondary N) is 1. The first kappa shape index (κ1) is 22.6. The molecule has 0 unspecified atom stereocenters. The van der Waals surface area contributed by atoms with Gasteiger partial charge < -0.3 is 10.1 Å². The molecule has 2 aromatic carbocycles. The predicted molar refractivity (Wildman–Crippen MR) is 114 cm³/mol. The first-order valence-corrected chi connectivity index (χ1v) is 11.4. The number of nitrogens with zero attached hydrogens (tertiary/aromatic N) is 1. The number of esters is 1. The lowest BCUT2D eigenvalue weighted by Gasteiger charge is -2.25. The van der Waals surface area contributed by atoms with Gasteiger partial charge in [-0.3, -0.25) is 9.59 Å². The molecule has 0 radical (unpaired) electrons. The van der Waals surface area contributed by atoms with Crippen molar-refractivity contribution in [3.8, 4) is 0 Å². The van der Waals surface area contributed by atoms with Gasteiger partial charge in [0.05, 0.1) is 10.5 Å². The fourth-order valence-electron chi connectivity index (χ4n) is 3.26. The van der Waals surface area contributed by atoms with E-state index in [9.17, 15) is 22.8 Å². The van der Waals surface area contributed by atoms with E-state index >= 15 is 0 Å². The van der Waals surface area contributed by atoms with Gasteiger partial charge in [-0.25, -0.2) is 13.2 Å². The maximum atomic E-state index is 12.7. The number of hydrogen-bond donors (Lipinski definition) is 1. The summed E-state index contributed by atoms with van der Waals surface area (Å²) in [6, 6.07) is 11.7. The average Bonchev–Trinajstić information content (AvgIpc) is 2.78. The molecule has 1 saturated heterocycles. The van der Waals surface area contributed by atoms with Gasteiger partial charge in [0.15, 0.2) is 12.4 Å². The molecule has 31 heavy (non-hydrogen) atoms. The topological polar surface area (TPSA) is 110 Å². The number of Topliss-reactive ketones (excluding diaryl/α,β-unsaturated/α-hetero) is 1. The molecule has 0 aromatic heterocycles. The lowest BCUT2D eigenvalue weighted by atomic mass is 10.1. The summed E-state index contributed by atoms with van der Waals surface area (Å²) in [6.45, 7) is 1.92. The quantitative estimate of drug-likeness (QED) is 0.519. The molecule has 1 aliphatic heterocycles. The molecule has 1 N–H and O–H groups in total. The molecule has 1 fully saturated rings. The first-order chi connectivity index (χ1) is 14.8. The van der Waals surface area contributed by atoms with E-state index < -0.39 is 28.4 Å². The van der Waals surface area contributed by atoms with Crippen LogP contribution in [0, 0.1) is 0 Å². The maximum Gasteiger partial charge on any atom is 0.338 e. The normalized spacial score (nSPS) is 14.6. The molecule has 2 aromatic rings. The van der Waals surface area contributed by atoms with Gasteiger partial charge in [-0.1, -0.05) is 6.42 Å². The number of benzene rings is 2. The molecule has 0 atom stereocenters. The van der Waals surface area contributed by atoms with Crippen LogP contribution in [0.4, 0.5) is 5.69 Å². The van der Waals surface area contributed by atoms with Crippen LogP contribution in [0.1, 0.15) is 46.9 Å². The largest absolute Gasteiger partial charge is 0.454 e. The van der Waals surface area contributed by atoms with E-state index in [-0.39, 0.29) is 21.9 Å². The zero-order valence-electron chi connectivity index (χ0n) is 17.2. The summed E-state index contributed by atoms with van der Waals surface area (Å²) in [4.78, 5) is 35.6. The maximum absolute atomic E-state index is 12.7. The minimum absolute atomic E-state index is 0.141. The number of ether oxygens (including phenoxy) is 1. The molecular weight excluding hydrogens is 420 g/mol. The van der Waals surface area contributed by atoms with Crippen LogP contribution in [0.2, 0.25) is 0 Å². The second-order valence-electron chi connectivity index (χ2n) is 7.25. The molecule has 8 nitrogen and oxygen atoms in total. The summed E-state index contributed by atoms with van der Waals surface area (Å²) >= 11 is 0. The Bertz CT molecular complexity index is 1060. The Kier molecular flexibility index (Phi) is 7.19. The number of carbonyl (C=O) groups excluding carboxylic acids is 3. The summed E-state index contributed by atoms with van der Waals surface area (Å²) in [7, 11) is -3.57. The Labute approximate surface area is 181 Å². The molecule has 0 spiro atoms. The Morgan fingerprint density at radius 1 is 0.903 bits per heavy atom. The van der Waals surface area contributed by atoms with Gasteiger partial charge in [-0.05, 0) is 61.4 Å². The van der Waals surface area contributed by atoms with Crippen molar-refractivity contribution in [3.63, 3.8) is 0 Å². The van der Waals surface area contributed by atoms with Crippen molar-refractivity contribution >= 4 is 33.4 Å². The highest BCUT2D eigenvalue weighted by atomic mass is 32.2. The van der Waals surface area contributed by atoms with Crippen LogP contribution in [0.3, 0.4) is 0 Å². The number of hydrogen-bond acceptors (Lipinski definition) is 6. The van der Waals surface area contributed by atoms with Crippen LogP contribution in [-0.2, 0) is 19.6 Å². The van der Waals surface area contributed by atoms with Gasteiger partial charge in [0.25, 0.3) is 0 Å². The Morgan fingerprint density at radius 3 is 2.06 bits per heavy atom. The number of piperidine rings is 1. The van der Waals surface area contributed by atoms with Crippen molar-refractivity contribution in [2.75, 3.05) is 25.0 Å². The van der Waals surface area contributed by atoms with Crippen LogP contribution >= 0.6 is 0 Å². The van der Waals surface area contributed by atoms with Crippen molar-refractivity contribution in [2.24, 2.45) is 0 Å². The molecule has 1 amide bonds. The van der Waals surface area contributed by atoms with Gasteiger partial charge in [0, 0.05) is 31.3 Å². The summed E-state index contributed by atoms with van der Waals surface area (Å²) in [5, 5.41) is 2.59. The van der Waals surface area contributed by atoms with E-state index in [1.807, 2.05) is 0 Å². The molecule has 0 aliphatic carbocycles. The van der Waals surface area contributed by atoms with E-state index in [1.54, 1.807) is 12.1 Å². The van der Waals surface area contributed by atoms with Crippen molar-refractivity contribution in [2.45, 2.75) is 31.1 Å². The second-order valence-corrected chi connectivity index (χ2v) is 9.18. The minimum atomic E-state index is -3.57. The van der Waals surface area contributed by atoms with Crippen molar-refractivity contribution in [1.29, 1.82) is 0 Å². The summed E-state index contributed by atoms with van der Waals surface area (Å²) in [5.41, 5.74) is 1.04. The third-order valence-corrected chi connectivity index (χ3v) is 6.82. The molecule has 1 aliphatic rings. The van der Waals surface area contributed by atoms with Crippen molar-refractivity contribution in [3.05, 3.63) is 59.7 Å². The molecule has 3 rings (SSSR count). The Hall–Kier alpha value is -3.04. The highest BCUT2D eigenvalue weighted by Crippen LogP contribution is 2.21. The van der Waals surface area contributed by atoms with Crippen LogP contribution in [0.25, 0.3) is 0 Å². The Morgan fingerprint density at radius 2 is 1.48 bits per heavy atom. The van der Waals surface area contributed by atoms with E-state index in [4.69, 9.17) is 4.74 Å². The third kappa shape index (κ3) is 5.77. The van der Waals surface area contributed by atoms with Crippen molar-refractivity contribution < 1.29 is 27.5 Å². The van der Waals surface area contributed by atoms with Crippen LogP contribution in [0.5, 0.6) is 0 Å². The van der Waals surface area contributed by atoms with Gasteiger partial charge in [0.1, 0.15) is 0 Å².